The second-order valence-corrected chi connectivity index (χ2v) is 2.73. The van der Waals surface area contributed by atoms with E-state index in [0.717, 1.165) is 6.42 Å². The van der Waals surface area contributed by atoms with Crippen molar-refractivity contribution in [1.29, 1.82) is 0 Å². The molecule has 0 aromatic heterocycles. The van der Waals surface area contributed by atoms with Crippen LogP contribution in [0.15, 0.2) is 24.3 Å². The fourth-order valence-corrected chi connectivity index (χ4v) is 0.973. The molecular formula is C11H13O2. The smallest absolute Gasteiger partial charge is 0.305 e. The molecule has 0 heterocycles. The summed E-state index contributed by atoms with van der Waals surface area (Å²) in [5.74, 6) is -0.137. The van der Waals surface area contributed by atoms with E-state index in [1.165, 1.54) is 5.56 Å². The van der Waals surface area contributed by atoms with Crippen LogP contribution in [0.3, 0.4) is 0 Å². The van der Waals surface area contributed by atoms with E-state index in [0.29, 0.717) is 13.0 Å². The minimum atomic E-state index is -0.137. The minimum Gasteiger partial charge on any atom is -0.465 e. The number of carbonyl (C=O) groups excluding carboxylic acids is 1. The zero-order chi connectivity index (χ0) is 9.52. The molecule has 0 fully saturated rings. The van der Waals surface area contributed by atoms with Crippen molar-refractivity contribution in [2.75, 3.05) is 6.61 Å². The predicted molar refractivity (Wildman–Crippen MR) is 50.2 cm³/mol. The number of benzene rings is 1. The van der Waals surface area contributed by atoms with Gasteiger partial charge in [-0.3, -0.25) is 4.79 Å². The zero-order valence-corrected chi connectivity index (χ0v) is 7.75. The van der Waals surface area contributed by atoms with Crippen LogP contribution in [0.25, 0.3) is 0 Å². The molecule has 0 N–H and O–H groups in total. The van der Waals surface area contributed by atoms with Crippen LogP contribution in [-0.2, 0) is 16.0 Å². The van der Waals surface area contributed by atoms with Crippen LogP contribution in [0.2, 0.25) is 0 Å². The number of ether oxygens (including phenoxy) is 1. The lowest BCUT2D eigenvalue weighted by Crippen LogP contribution is -2.05. The third kappa shape index (κ3) is 3.74. The number of hydrogen-bond acceptors (Lipinski definition) is 2. The molecule has 1 aromatic carbocycles. The van der Waals surface area contributed by atoms with Crippen molar-refractivity contribution in [3.05, 3.63) is 35.9 Å². The van der Waals surface area contributed by atoms with Crippen molar-refractivity contribution < 1.29 is 9.53 Å². The number of rotatable bonds is 4. The summed E-state index contributed by atoms with van der Waals surface area (Å²) in [5, 5.41) is 0. The molecule has 0 saturated carbocycles. The Labute approximate surface area is 78.5 Å². The van der Waals surface area contributed by atoms with Gasteiger partial charge in [-0.1, -0.05) is 31.2 Å². The van der Waals surface area contributed by atoms with Gasteiger partial charge >= 0.3 is 5.97 Å². The monoisotopic (exact) mass is 177 g/mol. The third-order valence-corrected chi connectivity index (χ3v) is 1.73. The summed E-state index contributed by atoms with van der Waals surface area (Å²) in [6.07, 6.45) is 1.23. The predicted octanol–water partition coefficient (Wildman–Crippen LogP) is 1.98. The molecule has 0 aliphatic rings. The summed E-state index contributed by atoms with van der Waals surface area (Å²) in [6.45, 7) is 2.26. The van der Waals surface area contributed by atoms with Crippen LogP contribution in [0.4, 0.5) is 0 Å². The molecule has 1 radical (unpaired) electrons. The van der Waals surface area contributed by atoms with E-state index in [9.17, 15) is 4.79 Å². The highest BCUT2D eigenvalue weighted by molar-refractivity contribution is 5.68. The SMILES string of the molecule is CCC(=O)OCCc1cc[c]cc1. The van der Waals surface area contributed by atoms with E-state index in [1.54, 1.807) is 6.92 Å². The maximum atomic E-state index is 10.8. The van der Waals surface area contributed by atoms with E-state index in [4.69, 9.17) is 4.74 Å². The molecule has 0 bridgehead atoms. The van der Waals surface area contributed by atoms with Crippen molar-refractivity contribution in [3.63, 3.8) is 0 Å². The lowest BCUT2D eigenvalue weighted by molar-refractivity contribution is -0.143. The van der Waals surface area contributed by atoms with Gasteiger partial charge in [0.25, 0.3) is 0 Å². The first-order valence-electron chi connectivity index (χ1n) is 4.43. The largest absolute Gasteiger partial charge is 0.465 e. The summed E-state index contributed by atoms with van der Waals surface area (Å²) >= 11 is 0. The summed E-state index contributed by atoms with van der Waals surface area (Å²) < 4.78 is 4.95. The standard InChI is InChI=1S/C11H13O2/c1-2-11(12)13-9-8-10-6-4-3-5-7-10/h4-7H,2,8-9H2,1H3. The molecule has 0 spiro atoms. The molecule has 0 aliphatic carbocycles. The van der Waals surface area contributed by atoms with Crippen molar-refractivity contribution in [2.24, 2.45) is 0 Å². The molecule has 2 nitrogen and oxygen atoms in total. The molecule has 13 heavy (non-hydrogen) atoms. The fraction of sp³-hybridized carbons (Fsp3) is 0.364. The Morgan fingerprint density at radius 1 is 1.46 bits per heavy atom. The van der Waals surface area contributed by atoms with Gasteiger partial charge < -0.3 is 4.74 Å². The lowest BCUT2D eigenvalue weighted by Gasteiger charge is -2.02. The average Bonchev–Trinajstić information content (AvgIpc) is 2.19. The van der Waals surface area contributed by atoms with Gasteiger partial charge in [-0.15, -0.1) is 0 Å². The van der Waals surface area contributed by atoms with E-state index < -0.39 is 0 Å². The Kier molecular flexibility index (Phi) is 4.03. The van der Waals surface area contributed by atoms with Crippen molar-refractivity contribution in [3.8, 4) is 0 Å². The van der Waals surface area contributed by atoms with Gasteiger partial charge in [-0.05, 0) is 11.6 Å². The summed E-state index contributed by atoms with van der Waals surface area (Å²) in [4.78, 5) is 10.8. The first kappa shape index (κ1) is 9.78. The normalized spacial score (nSPS) is 9.62. The molecule has 0 unspecified atom stereocenters. The molecule has 0 atom stereocenters. The van der Waals surface area contributed by atoms with Crippen LogP contribution in [0, 0.1) is 6.07 Å². The summed E-state index contributed by atoms with van der Waals surface area (Å²) in [5.41, 5.74) is 1.17. The minimum absolute atomic E-state index is 0.137. The average molecular weight is 177 g/mol. The van der Waals surface area contributed by atoms with Gasteiger partial charge in [0.05, 0.1) is 6.61 Å². The third-order valence-electron chi connectivity index (χ3n) is 1.73. The number of esters is 1. The molecule has 0 aliphatic heterocycles. The Bertz CT molecular complexity index is 254. The van der Waals surface area contributed by atoms with E-state index in [2.05, 4.69) is 6.07 Å². The second-order valence-electron chi connectivity index (χ2n) is 2.73. The number of hydrogen-bond donors (Lipinski definition) is 0. The summed E-state index contributed by atoms with van der Waals surface area (Å²) in [7, 11) is 0. The van der Waals surface area contributed by atoms with Crippen molar-refractivity contribution in [2.45, 2.75) is 19.8 Å². The van der Waals surface area contributed by atoms with E-state index in [1.807, 2.05) is 24.3 Å². The van der Waals surface area contributed by atoms with Gasteiger partial charge in [0, 0.05) is 12.8 Å². The van der Waals surface area contributed by atoms with Gasteiger partial charge in [0.1, 0.15) is 0 Å². The van der Waals surface area contributed by atoms with Gasteiger partial charge in [-0.2, -0.15) is 0 Å². The maximum Gasteiger partial charge on any atom is 0.305 e. The van der Waals surface area contributed by atoms with Crippen LogP contribution in [0.5, 0.6) is 0 Å². The zero-order valence-electron chi connectivity index (χ0n) is 7.75. The molecule has 2 heteroatoms. The van der Waals surface area contributed by atoms with E-state index in [-0.39, 0.29) is 5.97 Å². The molecule has 69 valence electrons. The first-order valence-corrected chi connectivity index (χ1v) is 4.43. The van der Waals surface area contributed by atoms with Crippen molar-refractivity contribution >= 4 is 5.97 Å². The Hall–Kier alpha value is -1.31. The van der Waals surface area contributed by atoms with Crippen LogP contribution in [0.1, 0.15) is 18.9 Å². The molecule has 1 aromatic rings. The van der Waals surface area contributed by atoms with Crippen molar-refractivity contribution in [1.82, 2.24) is 0 Å². The Morgan fingerprint density at radius 3 is 2.77 bits per heavy atom. The fourth-order valence-electron chi connectivity index (χ4n) is 0.973. The molecule has 1 rings (SSSR count). The van der Waals surface area contributed by atoms with Crippen LogP contribution >= 0.6 is 0 Å². The summed E-state index contributed by atoms with van der Waals surface area (Å²) in [6, 6.07) is 10.6. The highest BCUT2D eigenvalue weighted by Gasteiger charge is 1.97. The second kappa shape index (κ2) is 5.36. The maximum absolute atomic E-state index is 10.8. The van der Waals surface area contributed by atoms with Gasteiger partial charge in [0.2, 0.25) is 0 Å². The van der Waals surface area contributed by atoms with E-state index >= 15 is 0 Å². The van der Waals surface area contributed by atoms with Crippen LogP contribution in [-0.4, -0.2) is 12.6 Å². The lowest BCUT2D eigenvalue weighted by atomic mass is 10.2. The van der Waals surface area contributed by atoms with Gasteiger partial charge in [0.15, 0.2) is 0 Å². The molecular weight excluding hydrogens is 164 g/mol. The Morgan fingerprint density at radius 2 is 2.15 bits per heavy atom. The number of carbonyl (C=O) groups is 1. The molecule has 0 saturated heterocycles. The highest BCUT2D eigenvalue weighted by Crippen LogP contribution is 1.99. The topological polar surface area (TPSA) is 26.3 Å². The Balaban J connectivity index is 2.24. The first-order chi connectivity index (χ1) is 6.33. The van der Waals surface area contributed by atoms with Crippen LogP contribution < -0.4 is 0 Å². The van der Waals surface area contributed by atoms with Gasteiger partial charge in [-0.25, -0.2) is 0 Å². The molecule has 0 amide bonds. The highest BCUT2D eigenvalue weighted by atomic mass is 16.5. The quantitative estimate of drug-likeness (QED) is 0.657.